The van der Waals surface area contributed by atoms with Crippen molar-refractivity contribution in [2.75, 3.05) is 6.61 Å². The van der Waals surface area contributed by atoms with Gasteiger partial charge in [0, 0.05) is 0 Å². The van der Waals surface area contributed by atoms with Crippen LogP contribution in [0.15, 0.2) is 60.7 Å². The fraction of sp³-hybridized carbons (Fsp3) is 0.300. The van der Waals surface area contributed by atoms with E-state index in [0.717, 1.165) is 30.4 Å². The van der Waals surface area contributed by atoms with E-state index in [2.05, 4.69) is 12.2 Å². The normalized spacial score (nSPS) is 10.4. The minimum Gasteiger partial charge on any atom is -0.449 e. The maximum atomic E-state index is 12.6. The maximum absolute atomic E-state index is 12.6. The predicted octanol–water partition coefficient (Wildman–Crippen LogP) is 4.26. The molecule has 1 N–H and O–H groups in total. The molecule has 4 heteroatoms. The third kappa shape index (κ3) is 5.23. The number of rotatable bonds is 7. The van der Waals surface area contributed by atoms with Crippen molar-refractivity contribution in [3.63, 3.8) is 0 Å². The number of nitrogens with one attached hydrogen (secondary N) is 1. The minimum absolute atomic E-state index is 0.328. The highest BCUT2D eigenvalue weighted by Gasteiger charge is 2.24. The van der Waals surface area contributed by atoms with Crippen LogP contribution in [0.25, 0.3) is 0 Å². The van der Waals surface area contributed by atoms with Crippen LogP contribution < -0.4 is 5.32 Å². The molecule has 0 saturated heterocycles. The summed E-state index contributed by atoms with van der Waals surface area (Å²) in [5.74, 6) is -0.927. The second kappa shape index (κ2) is 9.50. The van der Waals surface area contributed by atoms with Gasteiger partial charge in [-0.15, -0.1) is 0 Å². The highest BCUT2D eigenvalue weighted by molar-refractivity contribution is 5.97. The van der Waals surface area contributed by atoms with Gasteiger partial charge in [0.05, 0.1) is 12.5 Å². The Morgan fingerprint density at radius 1 is 0.917 bits per heavy atom. The van der Waals surface area contributed by atoms with Crippen LogP contribution in [-0.4, -0.2) is 18.6 Å². The lowest BCUT2D eigenvalue weighted by atomic mass is 9.90. The van der Waals surface area contributed by atoms with Crippen molar-refractivity contribution in [3.05, 3.63) is 71.8 Å². The summed E-state index contributed by atoms with van der Waals surface area (Å²) in [6.45, 7) is 2.40. The fourth-order valence-electron chi connectivity index (χ4n) is 2.51. The summed E-state index contributed by atoms with van der Waals surface area (Å²) in [4.78, 5) is 24.5. The van der Waals surface area contributed by atoms with E-state index in [1.54, 1.807) is 0 Å². The zero-order valence-electron chi connectivity index (χ0n) is 13.9. The lowest BCUT2D eigenvalue weighted by Crippen LogP contribution is -2.35. The molecule has 0 bridgehead atoms. The zero-order valence-corrected chi connectivity index (χ0v) is 13.9. The molecule has 2 aromatic carbocycles. The third-order valence-electron chi connectivity index (χ3n) is 3.73. The SMILES string of the molecule is CCCCCOC(=O)NC(=O)C(c1ccccc1)c1ccccc1. The Balaban J connectivity index is 2.07. The van der Waals surface area contributed by atoms with E-state index in [9.17, 15) is 9.59 Å². The number of amides is 2. The molecule has 0 heterocycles. The second-order valence-corrected chi connectivity index (χ2v) is 5.59. The molecule has 0 radical (unpaired) electrons. The van der Waals surface area contributed by atoms with Gasteiger partial charge in [-0.05, 0) is 17.5 Å². The van der Waals surface area contributed by atoms with Gasteiger partial charge in [-0.2, -0.15) is 0 Å². The molecule has 0 spiro atoms. The second-order valence-electron chi connectivity index (χ2n) is 5.59. The summed E-state index contributed by atoms with van der Waals surface area (Å²) >= 11 is 0. The molecule has 0 aromatic heterocycles. The quantitative estimate of drug-likeness (QED) is 0.774. The summed E-state index contributed by atoms with van der Waals surface area (Å²) < 4.78 is 5.07. The molecular weight excluding hydrogens is 302 g/mol. The Hall–Kier alpha value is -2.62. The summed E-state index contributed by atoms with van der Waals surface area (Å²) in [6, 6.07) is 18.8. The average molecular weight is 325 g/mol. The van der Waals surface area contributed by atoms with E-state index in [1.165, 1.54) is 0 Å². The van der Waals surface area contributed by atoms with Crippen LogP contribution >= 0.6 is 0 Å². The van der Waals surface area contributed by atoms with Crippen LogP contribution in [0.3, 0.4) is 0 Å². The minimum atomic E-state index is -0.687. The van der Waals surface area contributed by atoms with Crippen molar-refractivity contribution in [2.24, 2.45) is 0 Å². The Morgan fingerprint density at radius 3 is 1.96 bits per heavy atom. The molecule has 2 rings (SSSR count). The molecule has 2 aromatic rings. The van der Waals surface area contributed by atoms with Gasteiger partial charge in [-0.1, -0.05) is 80.4 Å². The van der Waals surface area contributed by atoms with Crippen LogP contribution in [0.4, 0.5) is 4.79 Å². The van der Waals surface area contributed by atoms with Gasteiger partial charge in [-0.25, -0.2) is 4.79 Å². The molecule has 4 nitrogen and oxygen atoms in total. The Kier molecular flexibility index (Phi) is 7.02. The number of alkyl carbamates (subject to hydrolysis) is 1. The third-order valence-corrected chi connectivity index (χ3v) is 3.73. The van der Waals surface area contributed by atoms with Crippen molar-refractivity contribution in [1.82, 2.24) is 5.32 Å². The molecule has 0 aliphatic heterocycles. The highest BCUT2D eigenvalue weighted by Crippen LogP contribution is 2.24. The lowest BCUT2D eigenvalue weighted by Gasteiger charge is -2.17. The van der Waals surface area contributed by atoms with Crippen LogP contribution in [0.2, 0.25) is 0 Å². The maximum Gasteiger partial charge on any atom is 0.413 e. The van der Waals surface area contributed by atoms with E-state index < -0.39 is 12.0 Å². The first-order valence-electron chi connectivity index (χ1n) is 8.30. The van der Waals surface area contributed by atoms with Gasteiger partial charge in [0.25, 0.3) is 0 Å². The van der Waals surface area contributed by atoms with Crippen molar-refractivity contribution in [1.29, 1.82) is 0 Å². The van der Waals surface area contributed by atoms with Gasteiger partial charge in [0.2, 0.25) is 5.91 Å². The molecule has 0 unspecified atom stereocenters. The van der Waals surface area contributed by atoms with Crippen LogP contribution in [0.5, 0.6) is 0 Å². The number of ether oxygens (including phenoxy) is 1. The summed E-state index contributed by atoms with van der Waals surface area (Å²) in [6.07, 6.45) is 2.16. The van der Waals surface area contributed by atoms with Gasteiger partial charge in [-0.3, -0.25) is 10.1 Å². The Labute approximate surface area is 142 Å². The molecule has 126 valence electrons. The van der Waals surface area contributed by atoms with Crippen LogP contribution in [0, 0.1) is 0 Å². The van der Waals surface area contributed by atoms with Crippen molar-refractivity contribution in [2.45, 2.75) is 32.1 Å². The van der Waals surface area contributed by atoms with Crippen LogP contribution in [0.1, 0.15) is 43.2 Å². The molecule has 0 aliphatic rings. The first kappa shape index (κ1) is 17.7. The van der Waals surface area contributed by atoms with E-state index in [4.69, 9.17) is 4.74 Å². The first-order chi connectivity index (χ1) is 11.7. The molecule has 2 amide bonds. The zero-order chi connectivity index (χ0) is 17.2. The van der Waals surface area contributed by atoms with Crippen molar-refractivity contribution in [3.8, 4) is 0 Å². The summed E-state index contributed by atoms with van der Waals surface area (Å²) in [7, 11) is 0. The van der Waals surface area contributed by atoms with E-state index >= 15 is 0 Å². The molecule has 0 aliphatic carbocycles. The van der Waals surface area contributed by atoms with Gasteiger partial charge >= 0.3 is 6.09 Å². The number of carbonyl (C=O) groups excluding carboxylic acids is 2. The highest BCUT2D eigenvalue weighted by atomic mass is 16.5. The molecule has 0 atom stereocenters. The van der Waals surface area contributed by atoms with Crippen molar-refractivity contribution < 1.29 is 14.3 Å². The molecule has 0 saturated carbocycles. The topological polar surface area (TPSA) is 55.4 Å². The van der Waals surface area contributed by atoms with Gasteiger partial charge < -0.3 is 4.74 Å². The van der Waals surface area contributed by atoms with Crippen LogP contribution in [-0.2, 0) is 9.53 Å². The van der Waals surface area contributed by atoms with Crippen molar-refractivity contribution >= 4 is 12.0 Å². The Morgan fingerprint density at radius 2 is 1.46 bits per heavy atom. The first-order valence-corrected chi connectivity index (χ1v) is 8.30. The number of hydrogen-bond donors (Lipinski definition) is 1. The van der Waals surface area contributed by atoms with E-state index in [1.807, 2.05) is 60.7 Å². The Bertz CT molecular complexity index is 601. The summed E-state index contributed by atoms with van der Waals surface area (Å²) in [5.41, 5.74) is 1.67. The number of unbranched alkanes of at least 4 members (excludes halogenated alkanes) is 2. The summed E-state index contributed by atoms with van der Waals surface area (Å²) in [5, 5.41) is 2.35. The molecule has 24 heavy (non-hydrogen) atoms. The van der Waals surface area contributed by atoms with Gasteiger partial charge in [0.15, 0.2) is 0 Å². The monoisotopic (exact) mass is 325 g/mol. The average Bonchev–Trinajstić information content (AvgIpc) is 2.61. The number of imide groups is 1. The largest absolute Gasteiger partial charge is 0.449 e. The number of carbonyl (C=O) groups is 2. The van der Waals surface area contributed by atoms with Gasteiger partial charge in [0.1, 0.15) is 0 Å². The fourth-order valence-corrected chi connectivity index (χ4v) is 2.51. The molecule has 0 fully saturated rings. The smallest absolute Gasteiger partial charge is 0.413 e. The number of hydrogen-bond acceptors (Lipinski definition) is 3. The molecular formula is C20H23NO3. The predicted molar refractivity (Wildman–Crippen MR) is 93.7 cm³/mol. The van der Waals surface area contributed by atoms with E-state index in [0.29, 0.717) is 6.61 Å². The van der Waals surface area contributed by atoms with E-state index in [-0.39, 0.29) is 5.91 Å². The lowest BCUT2D eigenvalue weighted by molar-refractivity contribution is -0.121. The number of benzene rings is 2. The standard InChI is InChI=1S/C20H23NO3/c1-2-3-10-15-24-20(23)21-19(22)18(16-11-6-4-7-12-16)17-13-8-5-9-14-17/h4-9,11-14,18H,2-3,10,15H2,1H3,(H,21,22,23).